The molecule has 1 aliphatic rings. The van der Waals surface area contributed by atoms with Gasteiger partial charge in [0.1, 0.15) is 22.8 Å². The molecule has 1 aliphatic heterocycles. The van der Waals surface area contributed by atoms with E-state index in [-0.39, 0.29) is 24.2 Å². The molecule has 1 amide bonds. The molecule has 0 fully saturated rings. The van der Waals surface area contributed by atoms with Crippen molar-refractivity contribution < 1.29 is 19.0 Å². The number of methoxy groups -OCH3 is 1. The van der Waals surface area contributed by atoms with Crippen LogP contribution in [0.3, 0.4) is 0 Å². The molecule has 1 atom stereocenters. The van der Waals surface area contributed by atoms with Crippen LogP contribution >= 0.6 is 0 Å². The molecule has 5 heteroatoms. The summed E-state index contributed by atoms with van der Waals surface area (Å²) in [5.74, 6) is 1.95. The third kappa shape index (κ3) is 4.28. The predicted octanol–water partition coefficient (Wildman–Crippen LogP) is 3.80. The fraction of sp³-hybridized carbons (Fsp3) is 0.381. The van der Waals surface area contributed by atoms with E-state index in [1.165, 1.54) is 0 Å². The van der Waals surface area contributed by atoms with E-state index in [1.54, 1.807) is 19.2 Å². The lowest BCUT2D eigenvalue weighted by molar-refractivity contribution is -0.124. The number of carbonyl (C=O) groups is 1. The number of fused-ring (bicyclic) bond motifs is 1. The number of carbonyl (C=O) groups excluding carboxylic acids is 1. The van der Waals surface area contributed by atoms with Crippen LogP contribution in [0, 0.1) is 6.92 Å². The van der Waals surface area contributed by atoms with Crippen LogP contribution in [0.1, 0.15) is 37.4 Å². The van der Waals surface area contributed by atoms with Crippen molar-refractivity contribution in [1.82, 2.24) is 5.32 Å². The standard InChI is InChI=1S/C21H25NO4/c1-14-8-9-19-17(10-14)18(12-21(2,3)26-19)22-20(23)13-25-16-7-5-6-15(11-16)24-4/h5-11,18H,12-13H2,1-4H3,(H,22,23)/t18-/m1/s1. The molecule has 5 nitrogen and oxygen atoms in total. The van der Waals surface area contributed by atoms with Gasteiger partial charge in [-0.3, -0.25) is 4.79 Å². The Morgan fingerprint density at radius 3 is 2.77 bits per heavy atom. The molecule has 3 rings (SSSR count). The molecule has 0 unspecified atom stereocenters. The fourth-order valence-corrected chi connectivity index (χ4v) is 3.18. The van der Waals surface area contributed by atoms with E-state index in [0.717, 1.165) is 16.9 Å². The van der Waals surface area contributed by atoms with Crippen LogP contribution in [0.2, 0.25) is 0 Å². The van der Waals surface area contributed by atoms with Crippen molar-refractivity contribution in [1.29, 1.82) is 0 Å². The van der Waals surface area contributed by atoms with Crippen LogP contribution in [0.5, 0.6) is 17.2 Å². The Labute approximate surface area is 154 Å². The Bertz CT molecular complexity index is 800. The van der Waals surface area contributed by atoms with E-state index in [9.17, 15) is 4.79 Å². The number of rotatable bonds is 5. The number of ether oxygens (including phenoxy) is 3. The Morgan fingerprint density at radius 2 is 2.00 bits per heavy atom. The lowest BCUT2D eigenvalue weighted by Crippen LogP contribution is -2.42. The van der Waals surface area contributed by atoms with Crippen molar-refractivity contribution in [2.75, 3.05) is 13.7 Å². The van der Waals surface area contributed by atoms with Crippen LogP contribution < -0.4 is 19.5 Å². The average molecular weight is 355 g/mol. The maximum Gasteiger partial charge on any atom is 0.258 e. The van der Waals surface area contributed by atoms with Crippen molar-refractivity contribution in [2.24, 2.45) is 0 Å². The minimum absolute atomic E-state index is 0.0495. The lowest BCUT2D eigenvalue weighted by Gasteiger charge is -2.38. The molecule has 0 spiro atoms. The van der Waals surface area contributed by atoms with Crippen LogP contribution in [-0.2, 0) is 4.79 Å². The third-order valence-corrected chi connectivity index (χ3v) is 4.37. The Kier molecular flexibility index (Phi) is 5.07. The summed E-state index contributed by atoms with van der Waals surface area (Å²) in [4.78, 5) is 12.4. The first kappa shape index (κ1) is 18.1. The quantitative estimate of drug-likeness (QED) is 0.886. The Morgan fingerprint density at radius 1 is 1.23 bits per heavy atom. The summed E-state index contributed by atoms with van der Waals surface area (Å²) >= 11 is 0. The van der Waals surface area contributed by atoms with Gasteiger partial charge in [0, 0.05) is 18.1 Å². The minimum atomic E-state index is -0.339. The maximum atomic E-state index is 12.4. The van der Waals surface area contributed by atoms with Gasteiger partial charge in [-0.25, -0.2) is 0 Å². The SMILES string of the molecule is COc1cccc(OCC(=O)N[C@@H]2CC(C)(C)Oc3ccc(C)cc32)c1. The highest BCUT2D eigenvalue weighted by molar-refractivity contribution is 5.78. The molecule has 26 heavy (non-hydrogen) atoms. The van der Waals surface area contributed by atoms with Gasteiger partial charge in [0.05, 0.1) is 13.2 Å². The second-order valence-corrected chi connectivity index (χ2v) is 7.19. The molecule has 0 aromatic heterocycles. The van der Waals surface area contributed by atoms with E-state index in [0.29, 0.717) is 17.9 Å². The molecule has 1 N–H and O–H groups in total. The number of benzene rings is 2. The maximum absolute atomic E-state index is 12.4. The monoisotopic (exact) mass is 355 g/mol. The van der Waals surface area contributed by atoms with Crippen LogP contribution in [-0.4, -0.2) is 25.2 Å². The predicted molar refractivity (Wildman–Crippen MR) is 99.9 cm³/mol. The van der Waals surface area contributed by atoms with Gasteiger partial charge >= 0.3 is 0 Å². The van der Waals surface area contributed by atoms with E-state index >= 15 is 0 Å². The normalized spacial score (nSPS) is 17.6. The molecule has 0 saturated heterocycles. The van der Waals surface area contributed by atoms with Gasteiger partial charge in [0.25, 0.3) is 5.91 Å². The van der Waals surface area contributed by atoms with Gasteiger partial charge in [-0.2, -0.15) is 0 Å². The smallest absolute Gasteiger partial charge is 0.258 e. The Balaban J connectivity index is 1.67. The zero-order valence-electron chi connectivity index (χ0n) is 15.7. The fourth-order valence-electron chi connectivity index (χ4n) is 3.18. The molecule has 2 aromatic rings. The first-order valence-corrected chi connectivity index (χ1v) is 8.72. The molecule has 2 aromatic carbocycles. The van der Waals surface area contributed by atoms with Gasteiger partial charge in [-0.05, 0) is 39.0 Å². The van der Waals surface area contributed by atoms with Gasteiger partial charge < -0.3 is 19.5 Å². The molecule has 0 radical (unpaired) electrons. The van der Waals surface area contributed by atoms with Gasteiger partial charge in [0.2, 0.25) is 0 Å². The molecule has 0 saturated carbocycles. The number of hydrogen-bond donors (Lipinski definition) is 1. The van der Waals surface area contributed by atoms with Crippen molar-refractivity contribution in [2.45, 2.75) is 38.8 Å². The summed E-state index contributed by atoms with van der Waals surface area (Å²) < 4.78 is 16.8. The Hall–Kier alpha value is -2.69. The highest BCUT2D eigenvalue weighted by atomic mass is 16.5. The van der Waals surface area contributed by atoms with Crippen LogP contribution in [0.4, 0.5) is 0 Å². The van der Waals surface area contributed by atoms with Crippen LogP contribution in [0.15, 0.2) is 42.5 Å². The van der Waals surface area contributed by atoms with E-state index in [2.05, 4.69) is 11.4 Å². The summed E-state index contributed by atoms with van der Waals surface area (Å²) in [7, 11) is 1.60. The molecule has 0 bridgehead atoms. The van der Waals surface area contributed by atoms with Crippen molar-refractivity contribution in [3.63, 3.8) is 0 Å². The van der Waals surface area contributed by atoms with Gasteiger partial charge in [-0.15, -0.1) is 0 Å². The zero-order chi connectivity index (χ0) is 18.7. The van der Waals surface area contributed by atoms with Crippen molar-refractivity contribution >= 4 is 5.91 Å². The third-order valence-electron chi connectivity index (χ3n) is 4.37. The number of nitrogens with one attached hydrogen (secondary N) is 1. The van der Waals surface area contributed by atoms with Gasteiger partial charge in [0.15, 0.2) is 6.61 Å². The summed E-state index contributed by atoms with van der Waals surface area (Å²) in [6, 6.07) is 13.2. The molecule has 0 aliphatic carbocycles. The molecular formula is C21H25NO4. The first-order chi connectivity index (χ1) is 12.4. The molecule has 1 heterocycles. The summed E-state index contributed by atoms with van der Waals surface area (Å²) in [6.07, 6.45) is 0.703. The highest BCUT2D eigenvalue weighted by Gasteiger charge is 2.34. The van der Waals surface area contributed by atoms with E-state index in [1.807, 2.05) is 45.0 Å². The minimum Gasteiger partial charge on any atom is -0.497 e. The van der Waals surface area contributed by atoms with Crippen molar-refractivity contribution in [3.05, 3.63) is 53.6 Å². The van der Waals surface area contributed by atoms with Gasteiger partial charge in [-0.1, -0.05) is 23.8 Å². The summed E-state index contributed by atoms with van der Waals surface area (Å²) in [6.45, 7) is 6.04. The second kappa shape index (κ2) is 7.28. The largest absolute Gasteiger partial charge is 0.497 e. The number of hydrogen-bond acceptors (Lipinski definition) is 4. The highest BCUT2D eigenvalue weighted by Crippen LogP contribution is 2.39. The number of aryl methyl sites for hydroxylation is 1. The summed E-state index contributed by atoms with van der Waals surface area (Å²) in [5.41, 5.74) is 1.81. The summed E-state index contributed by atoms with van der Waals surface area (Å²) in [5, 5.41) is 3.08. The number of amides is 1. The van der Waals surface area contributed by atoms with Crippen molar-refractivity contribution in [3.8, 4) is 17.2 Å². The average Bonchev–Trinajstić information content (AvgIpc) is 2.60. The topological polar surface area (TPSA) is 56.8 Å². The van der Waals surface area contributed by atoms with E-state index in [4.69, 9.17) is 14.2 Å². The second-order valence-electron chi connectivity index (χ2n) is 7.19. The van der Waals surface area contributed by atoms with E-state index < -0.39 is 0 Å². The zero-order valence-corrected chi connectivity index (χ0v) is 15.7. The molecular weight excluding hydrogens is 330 g/mol. The molecule has 138 valence electrons. The first-order valence-electron chi connectivity index (χ1n) is 8.72. The van der Waals surface area contributed by atoms with Crippen LogP contribution in [0.25, 0.3) is 0 Å². The lowest BCUT2D eigenvalue weighted by atomic mass is 9.89.